The van der Waals surface area contributed by atoms with Gasteiger partial charge in [0.25, 0.3) is 5.82 Å². The van der Waals surface area contributed by atoms with Gasteiger partial charge in [0.15, 0.2) is 11.0 Å². The van der Waals surface area contributed by atoms with Crippen molar-refractivity contribution in [2.45, 2.75) is 13.3 Å². The Morgan fingerprint density at radius 2 is 1.95 bits per heavy atom. The topological polar surface area (TPSA) is 8.81 Å². The Balaban J connectivity index is 2.32. The lowest BCUT2D eigenvalue weighted by atomic mass is 10.0. The summed E-state index contributed by atoms with van der Waals surface area (Å²) in [6, 6.07) is 15.2. The van der Waals surface area contributed by atoms with E-state index in [9.17, 15) is 0 Å². The van der Waals surface area contributed by atoms with E-state index in [0.717, 1.165) is 6.42 Å². The van der Waals surface area contributed by atoms with Gasteiger partial charge in [0.05, 0.1) is 19.7 Å². The molecule has 0 saturated carbocycles. The number of nitrogens with zero attached hydrogens (tertiary/aromatic N) is 2. The summed E-state index contributed by atoms with van der Waals surface area (Å²) in [6.07, 6.45) is 2.95. The molecule has 0 aliphatic rings. The lowest BCUT2D eigenvalue weighted by molar-refractivity contribution is -0.634. The first-order chi connectivity index (χ1) is 10.2. The number of aromatic nitrogens is 2. The fourth-order valence-electron chi connectivity index (χ4n) is 3.04. The van der Waals surface area contributed by atoms with Crippen LogP contribution in [-0.4, -0.2) is 4.57 Å². The van der Waals surface area contributed by atoms with Crippen LogP contribution in [0, 0.1) is 0 Å². The Hall–Kier alpha value is -2.35. The normalized spacial score (nSPS) is 11.0. The Labute approximate surface area is 126 Å². The highest BCUT2D eigenvalue weighted by atomic mass is 15.1. The second-order valence-electron chi connectivity index (χ2n) is 5.45. The number of benzene rings is 2. The summed E-state index contributed by atoms with van der Waals surface area (Å²) in [6.45, 7) is 6.10. The first-order valence-corrected chi connectivity index (χ1v) is 7.36. The third-order valence-electron chi connectivity index (χ3n) is 4.16. The maximum atomic E-state index is 3.92. The molecule has 1 heterocycles. The van der Waals surface area contributed by atoms with Crippen molar-refractivity contribution in [2.75, 3.05) is 0 Å². The van der Waals surface area contributed by atoms with Crippen LogP contribution in [0.2, 0.25) is 0 Å². The molecule has 0 aliphatic heterocycles. The maximum Gasteiger partial charge on any atom is 0.289 e. The highest BCUT2D eigenvalue weighted by Crippen LogP contribution is 2.24. The second-order valence-corrected chi connectivity index (χ2v) is 5.45. The third-order valence-corrected chi connectivity index (χ3v) is 4.16. The molecule has 0 spiro atoms. The summed E-state index contributed by atoms with van der Waals surface area (Å²) >= 11 is 0. The van der Waals surface area contributed by atoms with Crippen LogP contribution < -0.4 is 4.57 Å². The summed E-state index contributed by atoms with van der Waals surface area (Å²) in [5.41, 5.74) is 6.25. The van der Waals surface area contributed by atoms with E-state index >= 15 is 0 Å². The van der Waals surface area contributed by atoms with Gasteiger partial charge in [0.2, 0.25) is 0 Å². The molecule has 0 radical (unpaired) electrons. The molecule has 3 aromatic rings. The number of para-hydroxylation sites is 2. The van der Waals surface area contributed by atoms with Crippen molar-refractivity contribution in [1.82, 2.24) is 4.57 Å². The molecule has 0 saturated heterocycles. The lowest BCUT2D eigenvalue weighted by Gasteiger charge is -2.05. The number of rotatable bonds is 3. The van der Waals surface area contributed by atoms with Gasteiger partial charge in [-0.2, -0.15) is 0 Å². The average Bonchev–Trinajstić information content (AvgIpc) is 2.78. The van der Waals surface area contributed by atoms with E-state index in [2.05, 4.69) is 79.2 Å². The molecule has 0 bridgehead atoms. The van der Waals surface area contributed by atoms with Crippen molar-refractivity contribution in [3.05, 3.63) is 60.2 Å². The van der Waals surface area contributed by atoms with Crippen molar-refractivity contribution in [3.8, 4) is 11.4 Å². The molecular formula is C19H21N2+. The van der Waals surface area contributed by atoms with Gasteiger partial charge in [0.1, 0.15) is 0 Å². The molecule has 2 heteroatoms. The Morgan fingerprint density at radius 3 is 2.62 bits per heavy atom. The van der Waals surface area contributed by atoms with Gasteiger partial charge in [-0.05, 0) is 41.8 Å². The zero-order valence-corrected chi connectivity index (χ0v) is 12.9. The van der Waals surface area contributed by atoms with Crippen molar-refractivity contribution in [3.63, 3.8) is 0 Å². The van der Waals surface area contributed by atoms with Crippen LogP contribution in [0.25, 0.3) is 28.5 Å². The first-order valence-electron chi connectivity index (χ1n) is 7.36. The minimum absolute atomic E-state index is 1.03. The molecule has 2 nitrogen and oxygen atoms in total. The van der Waals surface area contributed by atoms with E-state index in [1.165, 1.54) is 33.5 Å². The molecule has 0 amide bonds. The molecule has 0 fully saturated rings. The highest BCUT2D eigenvalue weighted by Gasteiger charge is 2.21. The smallest absolute Gasteiger partial charge is 0.226 e. The quantitative estimate of drug-likeness (QED) is 0.643. The van der Waals surface area contributed by atoms with Crippen LogP contribution in [0.3, 0.4) is 0 Å². The molecule has 0 atom stereocenters. The number of imidazole rings is 1. The average molecular weight is 277 g/mol. The van der Waals surface area contributed by atoms with E-state index in [1.807, 2.05) is 6.08 Å². The summed E-state index contributed by atoms with van der Waals surface area (Å²) in [7, 11) is 4.26. The second kappa shape index (κ2) is 5.21. The zero-order valence-electron chi connectivity index (χ0n) is 12.9. The largest absolute Gasteiger partial charge is 0.289 e. The number of hydrogen-bond donors (Lipinski definition) is 0. The standard InChI is InChI=1S/C19H21N2/c1-5-14-11-15(6-2)13-16(12-14)19-20(3)17-9-7-8-10-18(17)21(19)4/h5,7-13H,1,6H2,2-4H3/q+1. The number of hydrogen-bond acceptors (Lipinski definition) is 0. The summed E-state index contributed by atoms with van der Waals surface area (Å²) < 4.78 is 4.52. The van der Waals surface area contributed by atoms with Crippen LogP contribution >= 0.6 is 0 Å². The van der Waals surface area contributed by atoms with Gasteiger partial charge < -0.3 is 0 Å². The molecule has 2 aromatic carbocycles. The van der Waals surface area contributed by atoms with Crippen molar-refractivity contribution >= 4 is 17.1 Å². The maximum absolute atomic E-state index is 3.92. The minimum Gasteiger partial charge on any atom is -0.226 e. The van der Waals surface area contributed by atoms with Crippen molar-refractivity contribution in [1.29, 1.82) is 0 Å². The Kier molecular flexibility index (Phi) is 3.38. The molecule has 21 heavy (non-hydrogen) atoms. The SMILES string of the molecule is C=Cc1cc(CC)cc(-c2n(C)c3ccccc3[n+]2C)c1. The summed E-state index contributed by atoms with van der Waals surface area (Å²) in [5.74, 6) is 1.22. The number of aryl methyl sites for hydroxylation is 3. The van der Waals surface area contributed by atoms with Gasteiger partial charge in [-0.15, -0.1) is 0 Å². The molecular weight excluding hydrogens is 256 g/mol. The van der Waals surface area contributed by atoms with E-state index in [0.29, 0.717) is 0 Å². The molecule has 0 unspecified atom stereocenters. The van der Waals surface area contributed by atoms with E-state index in [1.54, 1.807) is 0 Å². The Bertz CT molecular complexity index is 786. The van der Waals surface area contributed by atoms with E-state index in [-0.39, 0.29) is 0 Å². The van der Waals surface area contributed by atoms with Crippen molar-refractivity contribution < 1.29 is 4.57 Å². The minimum atomic E-state index is 1.03. The molecule has 106 valence electrons. The predicted molar refractivity (Wildman–Crippen MR) is 89.0 cm³/mol. The number of fused-ring (bicyclic) bond motifs is 1. The van der Waals surface area contributed by atoms with Gasteiger partial charge in [-0.25, -0.2) is 9.13 Å². The summed E-state index contributed by atoms with van der Waals surface area (Å²) in [4.78, 5) is 0. The van der Waals surface area contributed by atoms with Gasteiger partial charge >= 0.3 is 0 Å². The highest BCUT2D eigenvalue weighted by molar-refractivity contribution is 5.76. The summed E-state index contributed by atoms with van der Waals surface area (Å²) in [5, 5.41) is 0. The van der Waals surface area contributed by atoms with E-state index in [4.69, 9.17) is 0 Å². The van der Waals surface area contributed by atoms with Crippen LogP contribution in [0.15, 0.2) is 49.0 Å². The third kappa shape index (κ3) is 2.17. The van der Waals surface area contributed by atoms with Gasteiger partial charge in [-0.3, -0.25) is 0 Å². The van der Waals surface area contributed by atoms with Crippen LogP contribution in [0.1, 0.15) is 18.1 Å². The molecule has 0 aliphatic carbocycles. The predicted octanol–water partition coefficient (Wildman–Crippen LogP) is 3.88. The van der Waals surface area contributed by atoms with E-state index < -0.39 is 0 Å². The van der Waals surface area contributed by atoms with Crippen LogP contribution in [0.5, 0.6) is 0 Å². The Morgan fingerprint density at radius 1 is 1.19 bits per heavy atom. The lowest BCUT2D eigenvalue weighted by Crippen LogP contribution is -2.30. The monoisotopic (exact) mass is 277 g/mol. The molecule has 0 N–H and O–H groups in total. The molecule has 1 aromatic heterocycles. The van der Waals surface area contributed by atoms with Crippen LogP contribution in [0.4, 0.5) is 0 Å². The molecule has 3 rings (SSSR count). The van der Waals surface area contributed by atoms with Crippen molar-refractivity contribution in [2.24, 2.45) is 14.1 Å². The fourth-order valence-corrected chi connectivity index (χ4v) is 3.04. The van der Waals surface area contributed by atoms with Crippen LogP contribution in [-0.2, 0) is 20.5 Å². The fraction of sp³-hybridized carbons (Fsp3) is 0.211. The van der Waals surface area contributed by atoms with Gasteiger partial charge in [0, 0.05) is 0 Å². The first kappa shape index (κ1) is 13.6. The van der Waals surface area contributed by atoms with Gasteiger partial charge in [-0.1, -0.05) is 37.8 Å². The zero-order chi connectivity index (χ0) is 15.0.